The van der Waals surface area contributed by atoms with Crippen molar-refractivity contribution in [2.75, 3.05) is 6.61 Å². The number of rotatable bonds is 2. The fourth-order valence-corrected chi connectivity index (χ4v) is 0.215. The molecule has 0 aromatic rings. The van der Waals surface area contributed by atoms with Gasteiger partial charge in [0.2, 0.25) is 0 Å². The third-order valence-electron chi connectivity index (χ3n) is 0.488. The zero-order valence-electron chi connectivity index (χ0n) is 4.77. The van der Waals surface area contributed by atoms with E-state index < -0.39 is 19.1 Å². The largest absolute Gasteiger partial charge is 0.411 e. The number of alkyl halides is 3. The molecular formula is C4H7F3O2. The Morgan fingerprint density at radius 1 is 1.56 bits per heavy atom. The predicted octanol–water partition coefficient (Wildman–Crippen LogP) is 0.904. The van der Waals surface area contributed by atoms with Gasteiger partial charge in [0.05, 0.1) is 0 Å². The summed E-state index contributed by atoms with van der Waals surface area (Å²) in [6.07, 6.45) is -5.71. The van der Waals surface area contributed by atoms with E-state index in [4.69, 9.17) is 5.11 Å². The first kappa shape index (κ1) is 8.71. The second kappa shape index (κ2) is 3.03. The lowest BCUT2D eigenvalue weighted by Crippen LogP contribution is -2.21. The molecule has 2 nitrogen and oxygen atoms in total. The Kier molecular flexibility index (Phi) is 2.93. The summed E-state index contributed by atoms with van der Waals surface area (Å²) in [5.74, 6) is 0. The third-order valence-corrected chi connectivity index (χ3v) is 0.488. The van der Waals surface area contributed by atoms with Crippen molar-refractivity contribution >= 4 is 0 Å². The molecule has 5 heteroatoms. The van der Waals surface area contributed by atoms with Gasteiger partial charge in [0.15, 0.2) is 6.29 Å². The van der Waals surface area contributed by atoms with E-state index >= 15 is 0 Å². The van der Waals surface area contributed by atoms with Crippen LogP contribution in [0, 0.1) is 0 Å². The molecule has 1 unspecified atom stereocenters. The summed E-state index contributed by atoms with van der Waals surface area (Å²) in [5, 5.41) is 8.19. The van der Waals surface area contributed by atoms with Gasteiger partial charge in [-0.25, -0.2) is 0 Å². The Morgan fingerprint density at radius 3 is 2.11 bits per heavy atom. The second-order valence-corrected chi connectivity index (χ2v) is 1.53. The topological polar surface area (TPSA) is 29.5 Å². The van der Waals surface area contributed by atoms with Gasteiger partial charge in [-0.3, -0.25) is 0 Å². The van der Waals surface area contributed by atoms with Crippen molar-refractivity contribution in [2.45, 2.75) is 19.4 Å². The molecule has 1 N–H and O–H groups in total. The van der Waals surface area contributed by atoms with Crippen molar-refractivity contribution < 1.29 is 23.0 Å². The number of ether oxygens (including phenoxy) is 1. The average molecular weight is 144 g/mol. The van der Waals surface area contributed by atoms with Crippen molar-refractivity contribution in [3.05, 3.63) is 0 Å². The van der Waals surface area contributed by atoms with Gasteiger partial charge < -0.3 is 9.84 Å². The normalized spacial score (nSPS) is 15.7. The monoisotopic (exact) mass is 144 g/mol. The van der Waals surface area contributed by atoms with Crippen LogP contribution in [0.15, 0.2) is 0 Å². The SMILES string of the molecule is CC(O)OCC(F)(F)F. The molecule has 9 heavy (non-hydrogen) atoms. The molecule has 0 spiro atoms. The summed E-state index contributed by atoms with van der Waals surface area (Å²) in [4.78, 5) is 0. The summed E-state index contributed by atoms with van der Waals surface area (Å²) < 4.78 is 37.4. The van der Waals surface area contributed by atoms with E-state index in [1.807, 2.05) is 0 Å². The molecule has 0 saturated carbocycles. The van der Waals surface area contributed by atoms with Crippen molar-refractivity contribution in [1.82, 2.24) is 0 Å². The summed E-state index contributed by atoms with van der Waals surface area (Å²) in [6.45, 7) is -0.281. The van der Waals surface area contributed by atoms with Crippen LogP contribution in [-0.4, -0.2) is 24.2 Å². The number of aliphatic hydroxyl groups excluding tert-OH is 1. The molecule has 0 amide bonds. The maximum atomic E-state index is 11.2. The van der Waals surface area contributed by atoms with Crippen LogP contribution in [0.1, 0.15) is 6.92 Å². The van der Waals surface area contributed by atoms with Gasteiger partial charge in [-0.1, -0.05) is 0 Å². The van der Waals surface area contributed by atoms with Crippen LogP contribution in [0.4, 0.5) is 13.2 Å². The lowest BCUT2D eigenvalue weighted by molar-refractivity contribution is -0.212. The Hall–Kier alpha value is -0.290. The zero-order chi connectivity index (χ0) is 7.49. The minimum Gasteiger partial charge on any atom is -0.368 e. The van der Waals surface area contributed by atoms with E-state index in [0.29, 0.717) is 0 Å². The van der Waals surface area contributed by atoms with Crippen LogP contribution >= 0.6 is 0 Å². The Labute approximate surface area is 50.2 Å². The molecule has 0 fully saturated rings. The quantitative estimate of drug-likeness (QED) is 0.583. The summed E-state index contributed by atoms with van der Waals surface area (Å²) >= 11 is 0. The molecule has 0 aromatic carbocycles. The standard InChI is InChI=1S/C4H7F3O2/c1-3(8)9-2-4(5,6)7/h3,8H,2H2,1H3. The van der Waals surface area contributed by atoms with Crippen LogP contribution in [-0.2, 0) is 4.74 Å². The van der Waals surface area contributed by atoms with E-state index in [-0.39, 0.29) is 0 Å². The molecule has 0 aliphatic rings. The van der Waals surface area contributed by atoms with E-state index in [9.17, 15) is 13.2 Å². The van der Waals surface area contributed by atoms with Crippen LogP contribution in [0.2, 0.25) is 0 Å². The lowest BCUT2D eigenvalue weighted by atomic mass is 10.7. The number of aliphatic hydroxyl groups is 1. The van der Waals surface area contributed by atoms with Crippen molar-refractivity contribution in [2.24, 2.45) is 0 Å². The first-order chi connectivity index (χ1) is 3.92. The fraction of sp³-hybridized carbons (Fsp3) is 1.00. The number of hydrogen-bond acceptors (Lipinski definition) is 2. The number of hydrogen-bond donors (Lipinski definition) is 1. The third kappa shape index (κ3) is 7.71. The molecule has 0 saturated heterocycles. The molecule has 0 aromatic heterocycles. The number of halogens is 3. The highest BCUT2D eigenvalue weighted by Gasteiger charge is 2.27. The first-order valence-electron chi connectivity index (χ1n) is 2.28. The Morgan fingerprint density at radius 2 is 2.00 bits per heavy atom. The Bertz CT molecular complexity index is 78.4. The summed E-state index contributed by atoms with van der Waals surface area (Å²) in [6, 6.07) is 0. The molecule has 0 rings (SSSR count). The molecular weight excluding hydrogens is 137 g/mol. The van der Waals surface area contributed by atoms with Gasteiger partial charge in [-0.15, -0.1) is 0 Å². The van der Waals surface area contributed by atoms with Gasteiger partial charge in [0, 0.05) is 0 Å². The maximum Gasteiger partial charge on any atom is 0.411 e. The highest BCUT2D eigenvalue weighted by atomic mass is 19.4. The van der Waals surface area contributed by atoms with Crippen LogP contribution in [0.25, 0.3) is 0 Å². The summed E-state index contributed by atoms with van der Waals surface area (Å²) in [7, 11) is 0. The van der Waals surface area contributed by atoms with Gasteiger partial charge in [-0.05, 0) is 6.92 Å². The minimum atomic E-state index is -4.35. The smallest absolute Gasteiger partial charge is 0.368 e. The molecule has 0 heterocycles. The molecule has 0 bridgehead atoms. The van der Waals surface area contributed by atoms with Gasteiger partial charge >= 0.3 is 6.18 Å². The van der Waals surface area contributed by atoms with Crippen molar-refractivity contribution in [3.63, 3.8) is 0 Å². The molecule has 0 aliphatic carbocycles. The van der Waals surface area contributed by atoms with Crippen molar-refractivity contribution in [3.8, 4) is 0 Å². The molecule has 56 valence electrons. The second-order valence-electron chi connectivity index (χ2n) is 1.53. The maximum absolute atomic E-state index is 11.2. The lowest BCUT2D eigenvalue weighted by Gasteiger charge is -2.08. The van der Waals surface area contributed by atoms with E-state index in [2.05, 4.69) is 4.74 Å². The van der Waals surface area contributed by atoms with Crippen LogP contribution in [0.3, 0.4) is 0 Å². The van der Waals surface area contributed by atoms with Gasteiger partial charge in [0.25, 0.3) is 0 Å². The van der Waals surface area contributed by atoms with E-state index in [0.717, 1.165) is 6.92 Å². The van der Waals surface area contributed by atoms with Gasteiger partial charge in [0.1, 0.15) is 6.61 Å². The minimum absolute atomic E-state index is 1.12. The van der Waals surface area contributed by atoms with Crippen molar-refractivity contribution in [1.29, 1.82) is 0 Å². The van der Waals surface area contributed by atoms with Crippen LogP contribution < -0.4 is 0 Å². The Balaban J connectivity index is 3.28. The molecule has 1 atom stereocenters. The molecule has 0 aliphatic heterocycles. The zero-order valence-corrected chi connectivity index (χ0v) is 4.77. The highest BCUT2D eigenvalue weighted by Crippen LogP contribution is 2.14. The summed E-state index contributed by atoms with van der Waals surface area (Å²) in [5.41, 5.74) is 0. The fourth-order valence-electron chi connectivity index (χ4n) is 0.215. The average Bonchev–Trinajstić information content (AvgIpc) is 1.59. The van der Waals surface area contributed by atoms with Crippen LogP contribution in [0.5, 0.6) is 0 Å². The first-order valence-corrected chi connectivity index (χ1v) is 2.28. The van der Waals surface area contributed by atoms with E-state index in [1.54, 1.807) is 0 Å². The van der Waals surface area contributed by atoms with Gasteiger partial charge in [-0.2, -0.15) is 13.2 Å². The molecule has 0 radical (unpaired) electrons. The van der Waals surface area contributed by atoms with E-state index in [1.165, 1.54) is 0 Å². The predicted molar refractivity (Wildman–Crippen MR) is 23.7 cm³/mol. The highest BCUT2D eigenvalue weighted by molar-refractivity contribution is 4.44.